The summed E-state index contributed by atoms with van der Waals surface area (Å²) >= 11 is 0. The molecule has 0 aliphatic carbocycles. The lowest BCUT2D eigenvalue weighted by Crippen LogP contribution is -2.40. The number of aliphatic imine (C=N–C) groups is 1. The molecule has 27 heavy (non-hydrogen) atoms. The Balaban J connectivity index is 0.00000364. The largest absolute Gasteiger partial charge is 0.494 e. The second-order valence-corrected chi connectivity index (χ2v) is 7.19. The number of methoxy groups -OCH3 is 1. The quantitative estimate of drug-likeness (QED) is 0.344. The molecule has 0 saturated heterocycles. The van der Waals surface area contributed by atoms with Crippen molar-refractivity contribution < 1.29 is 13.3 Å². The number of halogens is 2. The molecule has 2 atom stereocenters. The monoisotopic (exact) mass is 505 g/mol. The number of guanidine groups is 1. The van der Waals surface area contributed by atoms with Crippen molar-refractivity contribution in [3.8, 4) is 5.75 Å². The van der Waals surface area contributed by atoms with Gasteiger partial charge in [0, 0.05) is 24.2 Å². The highest BCUT2D eigenvalue weighted by molar-refractivity contribution is 14.0. The van der Waals surface area contributed by atoms with E-state index in [1.807, 2.05) is 37.3 Å². The van der Waals surface area contributed by atoms with Gasteiger partial charge in [0.1, 0.15) is 0 Å². The van der Waals surface area contributed by atoms with Gasteiger partial charge in [-0.15, -0.1) is 24.0 Å². The zero-order chi connectivity index (χ0) is 18.9. The first-order valence-corrected chi connectivity index (χ1v) is 9.61. The zero-order valence-corrected chi connectivity index (χ0v) is 18.7. The third-order valence-corrected chi connectivity index (χ3v) is 5.21. The molecule has 0 spiro atoms. The number of nitrogens with zero attached hydrogens (tertiary/aromatic N) is 1. The van der Waals surface area contributed by atoms with E-state index in [0.717, 1.165) is 10.5 Å². The first-order chi connectivity index (χ1) is 12.5. The summed E-state index contributed by atoms with van der Waals surface area (Å²) in [5, 5.41) is 6.33. The van der Waals surface area contributed by atoms with E-state index in [1.165, 1.54) is 13.2 Å². The minimum absolute atomic E-state index is 0. The van der Waals surface area contributed by atoms with Crippen molar-refractivity contribution >= 4 is 40.7 Å². The van der Waals surface area contributed by atoms with E-state index >= 15 is 0 Å². The molecule has 0 aromatic heterocycles. The molecule has 2 rings (SSSR count). The lowest BCUT2D eigenvalue weighted by molar-refractivity contribution is 0.386. The van der Waals surface area contributed by atoms with Crippen molar-refractivity contribution in [2.75, 3.05) is 26.5 Å². The first kappa shape index (κ1) is 23.4. The summed E-state index contributed by atoms with van der Waals surface area (Å²) in [7, 11) is 2.03. The molecule has 2 aromatic rings. The van der Waals surface area contributed by atoms with E-state index in [-0.39, 0.29) is 35.8 Å². The van der Waals surface area contributed by atoms with Gasteiger partial charge in [-0.3, -0.25) is 9.20 Å². The molecule has 0 aliphatic rings. The molecule has 148 valence electrons. The van der Waals surface area contributed by atoms with E-state index in [4.69, 9.17) is 4.74 Å². The van der Waals surface area contributed by atoms with Gasteiger partial charge in [-0.05, 0) is 36.8 Å². The fourth-order valence-corrected chi connectivity index (χ4v) is 3.37. The van der Waals surface area contributed by atoms with Crippen LogP contribution in [0.3, 0.4) is 0 Å². The van der Waals surface area contributed by atoms with E-state index < -0.39 is 16.6 Å². The molecule has 0 bridgehead atoms. The SMILES string of the molecule is CN=C(NCCS(=O)c1ccccc1)NC(C)c1ccc(OC)c(F)c1.I. The number of hydrogen-bond donors (Lipinski definition) is 2. The Hall–Kier alpha value is -1.68. The van der Waals surface area contributed by atoms with E-state index in [2.05, 4.69) is 15.6 Å². The smallest absolute Gasteiger partial charge is 0.191 e. The van der Waals surface area contributed by atoms with Crippen LogP contribution in [0.5, 0.6) is 5.75 Å². The Morgan fingerprint density at radius 1 is 1.26 bits per heavy atom. The number of hydrogen-bond acceptors (Lipinski definition) is 3. The summed E-state index contributed by atoms with van der Waals surface area (Å²) in [6.45, 7) is 2.42. The van der Waals surface area contributed by atoms with Crippen LogP contribution in [-0.2, 0) is 10.8 Å². The van der Waals surface area contributed by atoms with Gasteiger partial charge < -0.3 is 15.4 Å². The maximum Gasteiger partial charge on any atom is 0.191 e. The Morgan fingerprint density at radius 2 is 1.96 bits per heavy atom. The summed E-state index contributed by atoms with van der Waals surface area (Å²) in [5.74, 6) is 0.849. The lowest BCUT2D eigenvalue weighted by Gasteiger charge is -2.18. The highest BCUT2D eigenvalue weighted by atomic mass is 127. The maximum atomic E-state index is 13.9. The fourth-order valence-electron chi connectivity index (χ4n) is 2.39. The Morgan fingerprint density at radius 3 is 2.56 bits per heavy atom. The predicted molar refractivity (Wildman–Crippen MR) is 119 cm³/mol. The molecule has 5 nitrogen and oxygen atoms in total. The summed E-state index contributed by atoms with van der Waals surface area (Å²) < 4.78 is 31.0. The van der Waals surface area contributed by atoms with E-state index in [0.29, 0.717) is 18.3 Å². The second kappa shape index (κ2) is 11.9. The van der Waals surface area contributed by atoms with Gasteiger partial charge in [0.05, 0.1) is 24.0 Å². The predicted octanol–water partition coefficient (Wildman–Crippen LogP) is 3.49. The standard InChI is InChI=1S/C19H24FN3O2S.HI/c1-14(15-9-10-18(25-3)17(20)13-15)23-19(21-2)22-11-12-26(24)16-7-5-4-6-8-16;/h4-10,13-14H,11-12H2,1-3H3,(H2,21,22,23);1H. The first-order valence-electron chi connectivity index (χ1n) is 8.29. The van der Waals surface area contributed by atoms with Crippen molar-refractivity contribution in [2.45, 2.75) is 17.9 Å². The van der Waals surface area contributed by atoms with Gasteiger partial charge >= 0.3 is 0 Å². The molecule has 0 heterocycles. The second-order valence-electron chi connectivity index (χ2n) is 5.62. The third kappa shape index (κ3) is 7.10. The molecule has 0 amide bonds. The summed E-state index contributed by atoms with van der Waals surface area (Å²) in [4.78, 5) is 4.96. The average Bonchev–Trinajstić information content (AvgIpc) is 2.67. The third-order valence-electron chi connectivity index (χ3n) is 3.84. The molecule has 0 fully saturated rings. The normalized spacial score (nSPS) is 13.3. The fraction of sp³-hybridized carbons (Fsp3) is 0.316. The molecule has 0 aliphatic heterocycles. The van der Waals surface area contributed by atoms with Gasteiger partial charge in [-0.1, -0.05) is 24.3 Å². The molecule has 0 radical (unpaired) electrons. The van der Waals surface area contributed by atoms with Crippen molar-refractivity contribution in [3.63, 3.8) is 0 Å². The molecule has 2 N–H and O–H groups in total. The van der Waals surface area contributed by atoms with Gasteiger partial charge in [-0.25, -0.2) is 4.39 Å². The minimum Gasteiger partial charge on any atom is -0.494 e. The minimum atomic E-state index is -1.07. The van der Waals surface area contributed by atoms with Crippen LogP contribution < -0.4 is 15.4 Å². The van der Waals surface area contributed by atoms with Crippen LogP contribution in [0.2, 0.25) is 0 Å². The summed E-state index contributed by atoms with van der Waals surface area (Å²) in [5.41, 5.74) is 0.777. The Labute approximate surface area is 179 Å². The van der Waals surface area contributed by atoms with E-state index in [9.17, 15) is 8.60 Å². The highest BCUT2D eigenvalue weighted by Crippen LogP contribution is 2.21. The summed E-state index contributed by atoms with van der Waals surface area (Å²) in [6, 6.07) is 14.0. The van der Waals surface area contributed by atoms with Crippen molar-refractivity contribution in [1.82, 2.24) is 10.6 Å². The Kier molecular flexibility index (Phi) is 10.3. The van der Waals surface area contributed by atoms with Crippen LogP contribution in [0.1, 0.15) is 18.5 Å². The number of nitrogens with one attached hydrogen (secondary N) is 2. The van der Waals surface area contributed by atoms with Crippen molar-refractivity contribution in [3.05, 3.63) is 59.9 Å². The molecular weight excluding hydrogens is 480 g/mol. The zero-order valence-electron chi connectivity index (χ0n) is 15.6. The summed E-state index contributed by atoms with van der Waals surface area (Å²) in [6.07, 6.45) is 0. The van der Waals surface area contributed by atoms with E-state index in [1.54, 1.807) is 19.2 Å². The topological polar surface area (TPSA) is 62.7 Å². The van der Waals surface area contributed by atoms with Crippen LogP contribution in [0.15, 0.2) is 58.4 Å². The van der Waals surface area contributed by atoms with Crippen LogP contribution in [0, 0.1) is 5.82 Å². The number of rotatable bonds is 7. The van der Waals surface area contributed by atoms with Crippen LogP contribution in [0.4, 0.5) is 4.39 Å². The number of ether oxygens (including phenoxy) is 1. The highest BCUT2D eigenvalue weighted by Gasteiger charge is 2.11. The van der Waals surface area contributed by atoms with Crippen molar-refractivity contribution in [1.29, 1.82) is 0 Å². The maximum absolute atomic E-state index is 13.9. The van der Waals surface area contributed by atoms with Crippen LogP contribution in [-0.4, -0.2) is 36.6 Å². The average molecular weight is 505 g/mol. The molecular formula is C19H25FIN3O2S. The van der Waals surface area contributed by atoms with Gasteiger partial charge in [-0.2, -0.15) is 0 Å². The number of benzene rings is 2. The van der Waals surface area contributed by atoms with Gasteiger partial charge in [0.15, 0.2) is 17.5 Å². The van der Waals surface area contributed by atoms with Gasteiger partial charge in [0.25, 0.3) is 0 Å². The molecule has 2 unspecified atom stereocenters. The molecule has 8 heteroatoms. The lowest BCUT2D eigenvalue weighted by atomic mass is 10.1. The van der Waals surface area contributed by atoms with Gasteiger partial charge in [0.2, 0.25) is 0 Å². The van der Waals surface area contributed by atoms with Crippen LogP contribution in [0.25, 0.3) is 0 Å². The van der Waals surface area contributed by atoms with Crippen molar-refractivity contribution in [2.24, 2.45) is 4.99 Å². The Bertz CT molecular complexity index is 775. The molecule has 0 saturated carbocycles. The van der Waals surface area contributed by atoms with Crippen LogP contribution >= 0.6 is 24.0 Å². The molecule has 2 aromatic carbocycles.